The van der Waals surface area contributed by atoms with Gasteiger partial charge in [-0.3, -0.25) is 9.59 Å². The van der Waals surface area contributed by atoms with Crippen molar-refractivity contribution in [3.63, 3.8) is 0 Å². The number of esters is 3. The Kier molecular flexibility index (Phi) is 24.4. The summed E-state index contributed by atoms with van der Waals surface area (Å²) in [5.41, 5.74) is 0.155. The molecule has 0 aromatic carbocycles. The van der Waals surface area contributed by atoms with Gasteiger partial charge in [0.2, 0.25) is 0 Å². The second-order valence-electron chi connectivity index (χ2n) is 19.9. The SMILES string of the molecule is CC=C(C)C(=O)OC1C(O)C(CO)OC(OC2C(C)OC3OC4C(OC(CO)C(O)C4O)OC4C(OC(CCCCC)CCCCCCCCCC(=O)OC2C3OC(=O)C(C)CC)OC(C)C(O)C4O)C1O. The van der Waals surface area contributed by atoms with Gasteiger partial charge in [0.05, 0.1) is 37.4 Å². The van der Waals surface area contributed by atoms with Gasteiger partial charge in [-0.2, -0.15) is 0 Å². The molecule has 22 nitrogen and oxygen atoms in total. The van der Waals surface area contributed by atoms with E-state index in [1.807, 2.05) is 0 Å². The fourth-order valence-electron chi connectivity index (χ4n) is 9.45. The molecule has 0 aromatic rings. The van der Waals surface area contributed by atoms with Crippen molar-refractivity contribution in [2.24, 2.45) is 5.92 Å². The Morgan fingerprint density at radius 3 is 1.89 bits per heavy atom. The van der Waals surface area contributed by atoms with Crippen LogP contribution in [0.5, 0.6) is 0 Å². The molecule has 72 heavy (non-hydrogen) atoms. The van der Waals surface area contributed by atoms with Crippen LogP contribution < -0.4 is 0 Å². The zero-order chi connectivity index (χ0) is 52.8. The van der Waals surface area contributed by atoms with Gasteiger partial charge in [-0.15, -0.1) is 0 Å². The van der Waals surface area contributed by atoms with Gasteiger partial charge in [-0.05, 0) is 53.4 Å². The van der Waals surface area contributed by atoms with Crippen LogP contribution in [0.1, 0.15) is 138 Å². The fourth-order valence-corrected chi connectivity index (χ4v) is 9.45. The highest BCUT2D eigenvalue weighted by molar-refractivity contribution is 5.87. The normalized spacial score (nSPS) is 41.8. The number of allylic oxidation sites excluding steroid dienone is 1. The molecule has 2 bridgehead atoms. The summed E-state index contributed by atoms with van der Waals surface area (Å²) in [6.45, 7) is 9.89. The van der Waals surface area contributed by atoms with Crippen LogP contribution in [0.4, 0.5) is 0 Å². The molecule has 0 aromatic heterocycles. The minimum Gasteiger partial charge on any atom is -0.455 e. The summed E-state index contributed by atoms with van der Waals surface area (Å²) < 4.78 is 68.0. The van der Waals surface area contributed by atoms with Crippen LogP contribution in [0.15, 0.2) is 11.6 Å². The number of carbonyl (C=O) groups is 3. The van der Waals surface area contributed by atoms with Crippen LogP contribution in [-0.2, 0) is 66.5 Å². The minimum atomic E-state index is -1.95. The number of aliphatic hydroxyl groups is 8. The third-order valence-corrected chi connectivity index (χ3v) is 14.4. The van der Waals surface area contributed by atoms with Crippen LogP contribution in [-0.4, -0.2) is 201 Å². The van der Waals surface area contributed by atoms with Crippen molar-refractivity contribution in [1.82, 2.24) is 0 Å². The lowest BCUT2D eigenvalue weighted by Crippen LogP contribution is -2.68. The summed E-state index contributed by atoms with van der Waals surface area (Å²) >= 11 is 0. The predicted molar refractivity (Wildman–Crippen MR) is 250 cm³/mol. The fraction of sp³-hybridized carbons (Fsp3) is 0.900. The maximum atomic E-state index is 14.0. The molecule has 416 valence electrons. The van der Waals surface area contributed by atoms with Gasteiger partial charge in [0.25, 0.3) is 0 Å². The van der Waals surface area contributed by atoms with Gasteiger partial charge in [-0.25, -0.2) is 4.79 Å². The maximum absolute atomic E-state index is 14.0. The average molecular weight is 1040 g/mol. The Labute approximate surface area is 422 Å². The number of unbranched alkanes of at least 4 members (excludes halogenated alkanes) is 2. The van der Waals surface area contributed by atoms with Gasteiger partial charge in [-0.1, -0.05) is 84.6 Å². The molecular weight excluding hydrogens is 953 g/mol. The lowest BCUT2D eigenvalue weighted by atomic mass is 9.95. The van der Waals surface area contributed by atoms with Crippen molar-refractivity contribution in [1.29, 1.82) is 0 Å². The quantitative estimate of drug-likeness (QED) is 0.0560. The number of ether oxygens (including phenoxy) is 11. The summed E-state index contributed by atoms with van der Waals surface area (Å²) in [5.74, 6) is -3.16. The Morgan fingerprint density at radius 1 is 0.653 bits per heavy atom. The molecule has 8 N–H and O–H groups in total. The largest absolute Gasteiger partial charge is 0.455 e. The van der Waals surface area contributed by atoms with E-state index in [2.05, 4.69) is 6.92 Å². The van der Waals surface area contributed by atoms with Gasteiger partial charge >= 0.3 is 17.9 Å². The van der Waals surface area contributed by atoms with E-state index in [1.54, 1.807) is 27.7 Å². The van der Waals surface area contributed by atoms with Crippen molar-refractivity contribution in [2.45, 2.75) is 267 Å². The highest BCUT2D eigenvalue weighted by Crippen LogP contribution is 2.38. The maximum Gasteiger partial charge on any atom is 0.333 e. The molecule has 5 aliphatic heterocycles. The van der Waals surface area contributed by atoms with Crippen LogP contribution in [0.3, 0.4) is 0 Å². The number of carbonyl (C=O) groups excluding carboxylic acids is 3. The van der Waals surface area contributed by atoms with E-state index in [-0.39, 0.29) is 18.1 Å². The van der Waals surface area contributed by atoms with Gasteiger partial charge in [0.1, 0.15) is 67.1 Å². The van der Waals surface area contributed by atoms with E-state index in [0.717, 1.165) is 51.4 Å². The molecule has 0 radical (unpaired) electrons. The van der Waals surface area contributed by atoms with Crippen molar-refractivity contribution in [3.8, 4) is 0 Å². The Hall–Kier alpha value is -2.49. The molecule has 0 amide bonds. The highest BCUT2D eigenvalue weighted by atomic mass is 16.8. The molecule has 0 saturated carbocycles. The number of hydrogen-bond donors (Lipinski definition) is 8. The lowest BCUT2D eigenvalue weighted by molar-refractivity contribution is -0.399. The van der Waals surface area contributed by atoms with Crippen LogP contribution >= 0.6 is 0 Å². The molecule has 5 saturated heterocycles. The van der Waals surface area contributed by atoms with E-state index in [1.165, 1.54) is 19.9 Å². The molecule has 22 unspecified atom stereocenters. The third kappa shape index (κ3) is 15.6. The molecule has 0 aliphatic carbocycles. The van der Waals surface area contributed by atoms with E-state index in [9.17, 15) is 55.2 Å². The standard InChI is InChI=1S/C50H84O22/c1-8-11-17-20-29-21-18-15-13-12-14-16-19-22-32(53)67-43-39(70-47-38(59)40(35(56)31(24-52)65-47)68-45(60)25(4)9-2)28(7)63-50(44(43)69-46(61)26(5)10-3)72-42-37(58)34(55)30(23-51)66-49(42)71-41-36(57)33(54)27(6)62-48(41)64-29/h9,26-31,33-44,47-52,54-59H,8,10-24H2,1-7H3. The predicted octanol–water partition coefficient (Wildman–Crippen LogP) is 1.47. The van der Waals surface area contributed by atoms with Crippen molar-refractivity contribution in [2.75, 3.05) is 13.2 Å². The molecule has 5 aliphatic rings. The summed E-state index contributed by atoms with van der Waals surface area (Å²) in [6, 6.07) is 0. The average Bonchev–Trinajstić information content (AvgIpc) is 3.36. The molecular formula is C50H84O22. The molecule has 5 rings (SSSR count). The first kappa shape index (κ1) is 60.4. The van der Waals surface area contributed by atoms with Crippen molar-refractivity contribution >= 4 is 17.9 Å². The van der Waals surface area contributed by atoms with Crippen LogP contribution in [0.2, 0.25) is 0 Å². The van der Waals surface area contributed by atoms with E-state index >= 15 is 0 Å². The van der Waals surface area contributed by atoms with Gasteiger partial charge in [0, 0.05) is 12.0 Å². The zero-order valence-electron chi connectivity index (χ0n) is 42.9. The summed E-state index contributed by atoms with van der Waals surface area (Å²) in [6.07, 6.45) is -21.4. The monoisotopic (exact) mass is 1040 g/mol. The van der Waals surface area contributed by atoms with Crippen LogP contribution in [0, 0.1) is 5.92 Å². The lowest BCUT2D eigenvalue weighted by Gasteiger charge is -2.50. The Balaban J connectivity index is 1.58. The van der Waals surface area contributed by atoms with Crippen molar-refractivity contribution in [3.05, 3.63) is 11.6 Å². The highest BCUT2D eigenvalue weighted by Gasteiger charge is 2.58. The first-order valence-electron chi connectivity index (χ1n) is 26.2. The number of hydrogen-bond acceptors (Lipinski definition) is 22. The smallest absolute Gasteiger partial charge is 0.333 e. The molecule has 5 fully saturated rings. The molecule has 22 atom stereocenters. The summed E-state index contributed by atoms with van der Waals surface area (Å²) in [5, 5.41) is 89.2. The molecule has 5 heterocycles. The first-order valence-corrected chi connectivity index (χ1v) is 26.2. The zero-order valence-corrected chi connectivity index (χ0v) is 42.9. The number of fused-ring (bicyclic) bond motifs is 4. The topological polar surface area (TPSA) is 315 Å². The second kappa shape index (κ2) is 29.1. The summed E-state index contributed by atoms with van der Waals surface area (Å²) in [4.78, 5) is 40.8. The number of rotatable bonds is 13. The van der Waals surface area contributed by atoms with E-state index in [0.29, 0.717) is 32.1 Å². The Morgan fingerprint density at radius 2 is 1.25 bits per heavy atom. The van der Waals surface area contributed by atoms with E-state index < -0.39 is 160 Å². The minimum absolute atomic E-state index is 0.0757. The summed E-state index contributed by atoms with van der Waals surface area (Å²) in [7, 11) is 0. The number of aliphatic hydroxyl groups excluding tert-OH is 8. The Bertz CT molecular complexity index is 1690. The van der Waals surface area contributed by atoms with Gasteiger partial charge < -0.3 is 93.0 Å². The first-order chi connectivity index (χ1) is 34.4. The van der Waals surface area contributed by atoms with Crippen molar-refractivity contribution < 1.29 is 107 Å². The van der Waals surface area contributed by atoms with E-state index in [4.69, 9.17) is 52.1 Å². The molecule has 0 spiro atoms. The third-order valence-electron chi connectivity index (χ3n) is 14.4. The van der Waals surface area contributed by atoms with Crippen LogP contribution in [0.25, 0.3) is 0 Å². The second-order valence-corrected chi connectivity index (χ2v) is 19.9. The molecule has 22 heteroatoms. The van der Waals surface area contributed by atoms with Gasteiger partial charge in [0.15, 0.2) is 43.5 Å².